The van der Waals surface area contributed by atoms with Crippen molar-refractivity contribution in [2.45, 2.75) is 42.1 Å². The molecule has 0 saturated heterocycles. The average Bonchev–Trinajstić information content (AvgIpc) is 1.99. The van der Waals surface area contributed by atoms with E-state index in [1.165, 1.54) is 32.1 Å². The van der Waals surface area contributed by atoms with Gasteiger partial charge in [-0.2, -0.15) is 0 Å². The highest BCUT2D eigenvalue weighted by Gasteiger charge is 2.16. The zero-order valence-corrected chi connectivity index (χ0v) is 7.80. The maximum Gasteiger partial charge on any atom is 0.0261 e. The quantitative estimate of drug-likeness (QED) is 0.391. The number of hydrogen-bond acceptors (Lipinski definition) is 1. The van der Waals surface area contributed by atoms with Crippen molar-refractivity contribution in [3.05, 3.63) is 0 Å². The number of hydrogen-bond donors (Lipinski definition) is 1. The van der Waals surface area contributed by atoms with Crippen molar-refractivity contribution in [2.24, 2.45) is 5.73 Å². The topological polar surface area (TPSA) is 26.0 Å². The standard InChI is InChI=1S/C7H14IN/c8-6-4-2-1-3-5-7(6)9/h6-7H,1-5,9H2. The fourth-order valence-electron chi connectivity index (χ4n) is 1.29. The third-order valence-corrected chi connectivity index (χ3v) is 3.53. The molecule has 0 radical (unpaired) electrons. The second kappa shape index (κ2) is 3.76. The lowest BCUT2D eigenvalue weighted by Gasteiger charge is -2.12. The Morgan fingerprint density at radius 2 is 1.78 bits per heavy atom. The van der Waals surface area contributed by atoms with Crippen LogP contribution in [0.15, 0.2) is 0 Å². The maximum atomic E-state index is 5.87. The van der Waals surface area contributed by atoms with Crippen LogP contribution in [-0.2, 0) is 0 Å². The van der Waals surface area contributed by atoms with Gasteiger partial charge in [0.15, 0.2) is 0 Å². The molecule has 2 heteroatoms. The summed E-state index contributed by atoms with van der Waals surface area (Å²) in [6.07, 6.45) is 6.71. The van der Waals surface area contributed by atoms with Gasteiger partial charge in [0.2, 0.25) is 0 Å². The van der Waals surface area contributed by atoms with Crippen LogP contribution in [0.4, 0.5) is 0 Å². The first-order valence-corrected chi connectivity index (χ1v) is 4.95. The highest BCUT2D eigenvalue weighted by Crippen LogP contribution is 2.22. The van der Waals surface area contributed by atoms with E-state index < -0.39 is 0 Å². The largest absolute Gasteiger partial charge is 0.327 e. The van der Waals surface area contributed by atoms with Gasteiger partial charge in [-0.1, -0.05) is 41.9 Å². The van der Waals surface area contributed by atoms with E-state index >= 15 is 0 Å². The van der Waals surface area contributed by atoms with Crippen molar-refractivity contribution in [1.29, 1.82) is 0 Å². The van der Waals surface area contributed by atoms with E-state index in [-0.39, 0.29) is 0 Å². The SMILES string of the molecule is NC1CCCCCC1I. The lowest BCUT2D eigenvalue weighted by Crippen LogP contribution is -2.28. The fraction of sp³-hybridized carbons (Fsp3) is 1.00. The Morgan fingerprint density at radius 1 is 1.11 bits per heavy atom. The second-order valence-electron chi connectivity index (χ2n) is 2.82. The first kappa shape index (κ1) is 7.79. The summed E-state index contributed by atoms with van der Waals surface area (Å²) in [6.45, 7) is 0. The molecule has 0 aliphatic heterocycles. The molecule has 0 aromatic rings. The van der Waals surface area contributed by atoms with Crippen LogP contribution in [0.5, 0.6) is 0 Å². The molecule has 0 heterocycles. The molecule has 1 nitrogen and oxygen atoms in total. The number of alkyl halides is 1. The van der Waals surface area contributed by atoms with Crippen LogP contribution >= 0.6 is 22.6 Å². The van der Waals surface area contributed by atoms with Gasteiger partial charge in [-0.25, -0.2) is 0 Å². The maximum absolute atomic E-state index is 5.87. The fourth-order valence-corrected chi connectivity index (χ4v) is 2.09. The molecule has 1 aliphatic rings. The van der Waals surface area contributed by atoms with Gasteiger partial charge in [0, 0.05) is 9.97 Å². The van der Waals surface area contributed by atoms with E-state index in [1.807, 2.05) is 0 Å². The number of nitrogens with two attached hydrogens (primary N) is 1. The molecule has 1 rings (SSSR count). The third-order valence-electron chi connectivity index (χ3n) is 1.98. The molecule has 1 aliphatic carbocycles. The monoisotopic (exact) mass is 239 g/mol. The van der Waals surface area contributed by atoms with Crippen LogP contribution < -0.4 is 5.73 Å². The van der Waals surface area contributed by atoms with E-state index in [0.717, 1.165) is 3.92 Å². The number of rotatable bonds is 0. The first-order valence-electron chi connectivity index (χ1n) is 3.70. The van der Waals surface area contributed by atoms with Gasteiger partial charge in [-0.15, -0.1) is 0 Å². The van der Waals surface area contributed by atoms with Crippen LogP contribution in [0.2, 0.25) is 0 Å². The second-order valence-corrected chi connectivity index (χ2v) is 4.42. The first-order chi connectivity index (χ1) is 4.30. The molecule has 2 unspecified atom stereocenters. The van der Waals surface area contributed by atoms with E-state index in [0.29, 0.717) is 6.04 Å². The summed E-state index contributed by atoms with van der Waals surface area (Å²) in [4.78, 5) is 0. The zero-order chi connectivity index (χ0) is 6.69. The third kappa shape index (κ3) is 2.42. The van der Waals surface area contributed by atoms with Gasteiger partial charge < -0.3 is 5.73 Å². The van der Waals surface area contributed by atoms with Crippen molar-refractivity contribution < 1.29 is 0 Å². The van der Waals surface area contributed by atoms with Crippen molar-refractivity contribution in [3.8, 4) is 0 Å². The Morgan fingerprint density at radius 3 is 2.56 bits per heavy atom. The summed E-state index contributed by atoms with van der Waals surface area (Å²) in [6, 6.07) is 0.480. The lowest BCUT2D eigenvalue weighted by molar-refractivity contribution is 0.609. The Bertz CT molecular complexity index is 75.0. The lowest BCUT2D eigenvalue weighted by atomic mass is 10.1. The van der Waals surface area contributed by atoms with Crippen LogP contribution in [0.1, 0.15) is 32.1 Å². The van der Waals surface area contributed by atoms with Crippen molar-refractivity contribution in [2.75, 3.05) is 0 Å². The molecule has 0 bridgehead atoms. The summed E-state index contributed by atoms with van der Waals surface area (Å²) in [5, 5.41) is 0. The summed E-state index contributed by atoms with van der Waals surface area (Å²) < 4.78 is 0.741. The molecule has 0 aromatic heterocycles. The minimum absolute atomic E-state index is 0.480. The molecule has 54 valence electrons. The summed E-state index contributed by atoms with van der Waals surface area (Å²) in [7, 11) is 0. The molecule has 1 fully saturated rings. The van der Waals surface area contributed by atoms with Crippen molar-refractivity contribution >= 4 is 22.6 Å². The molecule has 9 heavy (non-hydrogen) atoms. The normalized spacial score (nSPS) is 38.0. The minimum atomic E-state index is 0.480. The van der Waals surface area contributed by atoms with Crippen LogP contribution in [0.25, 0.3) is 0 Å². The molecule has 0 amide bonds. The number of halogens is 1. The van der Waals surface area contributed by atoms with Gasteiger partial charge in [0.05, 0.1) is 0 Å². The van der Waals surface area contributed by atoms with Crippen LogP contribution in [-0.4, -0.2) is 9.97 Å². The molecule has 2 atom stereocenters. The van der Waals surface area contributed by atoms with Gasteiger partial charge in [-0.3, -0.25) is 0 Å². The smallest absolute Gasteiger partial charge is 0.0261 e. The highest BCUT2D eigenvalue weighted by atomic mass is 127. The Balaban J connectivity index is 2.32. The Hall–Kier alpha value is 0.690. The van der Waals surface area contributed by atoms with E-state index in [1.54, 1.807) is 0 Å². The van der Waals surface area contributed by atoms with Crippen LogP contribution in [0, 0.1) is 0 Å². The van der Waals surface area contributed by atoms with E-state index in [9.17, 15) is 0 Å². The highest BCUT2D eigenvalue weighted by molar-refractivity contribution is 14.1. The predicted octanol–water partition coefficient (Wildman–Crippen LogP) is 2.08. The van der Waals surface area contributed by atoms with E-state index in [2.05, 4.69) is 22.6 Å². The van der Waals surface area contributed by atoms with Gasteiger partial charge in [0.1, 0.15) is 0 Å². The Kier molecular flexibility index (Phi) is 3.26. The summed E-state index contributed by atoms with van der Waals surface area (Å²) in [5.41, 5.74) is 5.87. The van der Waals surface area contributed by atoms with Gasteiger partial charge >= 0.3 is 0 Å². The zero-order valence-electron chi connectivity index (χ0n) is 5.65. The van der Waals surface area contributed by atoms with Gasteiger partial charge in [0.25, 0.3) is 0 Å². The van der Waals surface area contributed by atoms with Crippen LogP contribution in [0.3, 0.4) is 0 Å². The molecular weight excluding hydrogens is 225 g/mol. The van der Waals surface area contributed by atoms with Gasteiger partial charge in [-0.05, 0) is 12.8 Å². The molecule has 0 aromatic carbocycles. The Labute approximate surface area is 70.5 Å². The van der Waals surface area contributed by atoms with Crippen molar-refractivity contribution in [3.63, 3.8) is 0 Å². The molecule has 1 saturated carbocycles. The summed E-state index contributed by atoms with van der Waals surface area (Å²) >= 11 is 2.48. The molecule has 0 spiro atoms. The van der Waals surface area contributed by atoms with Crippen molar-refractivity contribution in [1.82, 2.24) is 0 Å². The van der Waals surface area contributed by atoms with E-state index in [4.69, 9.17) is 5.73 Å². The average molecular weight is 239 g/mol. The minimum Gasteiger partial charge on any atom is -0.327 e. The molecular formula is C7H14IN. The molecule has 2 N–H and O–H groups in total. The summed E-state index contributed by atoms with van der Waals surface area (Å²) in [5.74, 6) is 0. The predicted molar refractivity (Wildman–Crippen MR) is 48.9 cm³/mol.